The van der Waals surface area contributed by atoms with Crippen molar-refractivity contribution in [2.75, 3.05) is 38.0 Å². The van der Waals surface area contributed by atoms with Crippen molar-refractivity contribution < 1.29 is 14.0 Å². The van der Waals surface area contributed by atoms with Crippen molar-refractivity contribution in [3.8, 4) is 0 Å². The molecule has 1 saturated heterocycles. The number of hydrogen-bond acceptors (Lipinski definition) is 4. The number of halogens is 1. The predicted octanol–water partition coefficient (Wildman–Crippen LogP) is 3.56. The number of Topliss-reactive ketones (excluding diaryl/α,β-unsaturated/α-hetero) is 1. The average molecular weight is 397 g/mol. The van der Waals surface area contributed by atoms with Gasteiger partial charge in [0.05, 0.1) is 5.69 Å². The molecule has 1 aliphatic heterocycles. The second-order valence-electron chi connectivity index (χ2n) is 7.50. The smallest absolute Gasteiger partial charge is 0.221 e. The van der Waals surface area contributed by atoms with Crippen LogP contribution in [-0.4, -0.2) is 54.2 Å². The van der Waals surface area contributed by atoms with Gasteiger partial charge in [0.2, 0.25) is 5.91 Å². The fourth-order valence-electron chi connectivity index (χ4n) is 3.66. The number of benzene rings is 2. The predicted molar refractivity (Wildman–Crippen MR) is 112 cm³/mol. The van der Waals surface area contributed by atoms with Crippen LogP contribution in [-0.2, 0) is 11.3 Å². The van der Waals surface area contributed by atoms with Gasteiger partial charge in [-0.15, -0.1) is 0 Å². The van der Waals surface area contributed by atoms with Gasteiger partial charge in [-0.05, 0) is 36.7 Å². The van der Waals surface area contributed by atoms with E-state index in [4.69, 9.17) is 0 Å². The number of rotatable bonds is 8. The van der Waals surface area contributed by atoms with Crippen LogP contribution in [0, 0.1) is 5.82 Å². The van der Waals surface area contributed by atoms with Crippen LogP contribution in [0.25, 0.3) is 0 Å². The van der Waals surface area contributed by atoms with Gasteiger partial charge in [0.1, 0.15) is 5.82 Å². The number of amides is 1. The van der Waals surface area contributed by atoms with Gasteiger partial charge in [0.25, 0.3) is 0 Å². The summed E-state index contributed by atoms with van der Waals surface area (Å²) in [5.74, 6) is -0.867. The highest BCUT2D eigenvalue weighted by Crippen LogP contribution is 2.20. The molecule has 0 saturated carbocycles. The fourth-order valence-corrected chi connectivity index (χ4v) is 3.66. The van der Waals surface area contributed by atoms with Gasteiger partial charge in [-0.2, -0.15) is 0 Å². The Morgan fingerprint density at radius 2 is 1.69 bits per heavy atom. The van der Waals surface area contributed by atoms with Crippen molar-refractivity contribution in [3.05, 3.63) is 65.5 Å². The minimum atomic E-state index is -0.473. The maximum absolute atomic E-state index is 13.5. The minimum Gasteiger partial charge on any atom is -0.326 e. The van der Waals surface area contributed by atoms with Crippen LogP contribution in [0.2, 0.25) is 0 Å². The Morgan fingerprint density at radius 1 is 1.00 bits per heavy atom. The van der Waals surface area contributed by atoms with Crippen LogP contribution >= 0.6 is 0 Å². The molecule has 3 rings (SSSR count). The zero-order valence-corrected chi connectivity index (χ0v) is 16.9. The molecule has 0 aliphatic carbocycles. The quantitative estimate of drug-likeness (QED) is 0.692. The first-order valence-corrected chi connectivity index (χ1v) is 10.1. The Kier molecular flexibility index (Phi) is 7.49. The van der Waals surface area contributed by atoms with E-state index in [1.54, 1.807) is 0 Å². The standard InChI is InChI=1S/C23H28FN3O2/c1-18(28)25-22-16-20(24)9-10-21(22)23(29)8-5-11-26-12-14-27(15-13-26)17-19-6-3-2-4-7-19/h2-4,6-7,9-10,16H,5,8,11-15,17H2,1H3,(H,25,28). The number of piperazine rings is 1. The largest absolute Gasteiger partial charge is 0.326 e. The maximum Gasteiger partial charge on any atom is 0.221 e. The molecular formula is C23H28FN3O2. The Balaban J connectivity index is 1.43. The average Bonchev–Trinajstić information content (AvgIpc) is 2.70. The summed E-state index contributed by atoms with van der Waals surface area (Å²) < 4.78 is 13.5. The molecule has 1 fully saturated rings. The number of carbonyl (C=O) groups excluding carboxylic acids is 2. The van der Waals surface area contributed by atoms with Crippen LogP contribution in [0.5, 0.6) is 0 Å². The first-order valence-electron chi connectivity index (χ1n) is 10.1. The van der Waals surface area contributed by atoms with E-state index >= 15 is 0 Å². The van der Waals surface area contributed by atoms with Gasteiger partial charge in [-0.3, -0.25) is 14.5 Å². The lowest BCUT2D eigenvalue weighted by atomic mass is 10.0. The molecule has 1 aliphatic rings. The van der Waals surface area contributed by atoms with Gasteiger partial charge in [0.15, 0.2) is 5.78 Å². The molecule has 5 nitrogen and oxygen atoms in total. The number of hydrogen-bond donors (Lipinski definition) is 1. The summed E-state index contributed by atoms with van der Waals surface area (Å²) in [6.45, 7) is 7.21. The third-order valence-electron chi connectivity index (χ3n) is 5.18. The molecule has 0 aromatic heterocycles. The van der Waals surface area contributed by atoms with Crippen LogP contribution in [0.3, 0.4) is 0 Å². The van der Waals surface area contributed by atoms with E-state index in [1.165, 1.54) is 30.7 Å². The molecule has 0 atom stereocenters. The molecule has 6 heteroatoms. The second-order valence-corrected chi connectivity index (χ2v) is 7.50. The molecule has 1 N–H and O–H groups in total. The molecule has 2 aromatic carbocycles. The molecule has 0 spiro atoms. The summed E-state index contributed by atoms with van der Waals surface area (Å²) in [5, 5.41) is 2.54. The second kappa shape index (κ2) is 10.3. The maximum atomic E-state index is 13.5. The summed E-state index contributed by atoms with van der Waals surface area (Å²) >= 11 is 0. The van der Waals surface area contributed by atoms with Crippen LogP contribution in [0.15, 0.2) is 48.5 Å². The fraction of sp³-hybridized carbons (Fsp3) is 0.391. The molecule has 1 heterocycles. The van der Waals surface area contributed by atoms with E-state index in [-0.39, 0.29) is 17.4 Å². The molecule has 0 radical (unpaired) electrons. The third-order valence-corrected chi connectivity index (χ3v) is 5.18. The van der Waals surface area contributed by atoms with E-state index in [2.05, 4.69) is 39.4 Å². The lowest BCUT2D eigenvalue weighted by molar-refractivity contribution is -0.114. The van der Waals surface area contributed by atoms with Gasteiger partial charge in [-0.1, -0.05) is 30.3 Å². The molecular weight excluding hydrogens is 369 g/mol. The number of anilines is 1. The normalized spacial score (nSPS) is 15.2. The van der Waals surface area contributed by atoms with Gasteiger partial charge in [-0.25, -0.2) is 4.39 Å². The summed E-state index contributed by atoms with van der Waals surface area (Å²) in [5.41, 5.74) is 1.95. The Hall–Kier alpha value is -2.57. The molecule has 0 unspecified atom stereocenters. The highest BCUT2D eigenvalue weighted by Gasteiger charge is 2.18. The number of carbonyl (C=O) groups is 2. The van der Waals surface area contributed by atoms with Crippen molar-refractivity contribution in [2.45, 2.75) is 26.3 Å². The van der Waals surface area contributed by atoms with E-state index in [1.807, 2.05) is 6.07 Å². The van der Waals surface area contributed by atoms with Crippen LogP contribution in [0.1, 0.15) is 35.7 Å². The van der Waals surface area contributed by atoms with Crippen molar-refractivity contribution >= 4 is 17.4 Å². The summed E-state index contributed by atoms with van der Waals surface area (Å²) in [6, 6.07) is 14.4. The first kappa shape index (κ1) is 21.1. The Bertz CT molecular complexity index is 833. The van der Waals surface area contributed by atoms with Gasteiger partial charge >= 0.3 is 0 Å². The molecule has 0 bridgehead atoms. The Labute approximate surface area is 171 Å². The first-order chi connectivity index (χ1) is 14.0. The summed E-state index contributed by atoms with van der Waals surface area (Å²) in [6.07, 6.45) is 1.12. The van der Waals surface area contributed by atoms with Crippen LogP contribution < -0.4 is 5.32 Å². The van der Waals surface area contributed by atoms with E-state index in [0.717, 1.165) is 45.7 Å². The zero-order valence-electron chi connectivity index (χ0n) is 16.9. The monoisotopic (exact) mass is 397 g/mol. The third kappa shape index (κ3) is 6.48. The highest BCUT2D eigenvalue weighted by molar-refractivity contribution is 6.04. The number of ketones is 1. The molecule has 154 valence electrons. The van der Waals surface area contributed by atoms with E-state index in [0.29, 0.717) is 12.0 Å². The summed E-state index contributed by atoms with van der Waals surface area (Å²) in [4.78, 5) is 28.7. The lowest BCUT2D eigenvalue weighted by Crippen LogP contribution is -2.46. The number of nitrogens with zero attached hydrogens (tertiary/aromatic N) is 2. The van der Waals surface area contributed by atoms with Crippen molar-refractivity contribution in [3.63, 3.8) is 0 Å². The van der Waals surface area contributed by atoms with Crippen LogP contribution in [0.4, 0.5) is 10.1 Å². The Morgan fingerprint density at radius 3 is 2.38 bits per heavy atom. The van der Waals surface area contributed by atoms with Crippen molar-refractivity contribution in [1.29, 1.82) is 0 Å². The molecule has 2 aromatic rings. The highest BCUT2D eigenvalue weighted by atomic mass is 19.1. The SMILES string of the molecule is CC(=O)Nc1cc(F)ccc1C(=O)CCCN1CCN(Cc2ccccc2)CC1. The van der Waals surface area contributed by atoms with Crippen molar-refractivity contribution in [1.82, 2.24) is 9.80 Å². The van der Waals surface area contributed by atoms with E-state index < -0.39 is 5.82 Å². The molecule has 29 heavy (non-hydrogen) atoms. The number of nitrogens with one attached hydrogen (secondary N) is 1. The van der Waals surface area contributed by atoms with Gasteiger partial charge in [0, 0.05) is 51.6 Å². The van der Waals surface area contributed by atoms with E-state index in [9.17, 15) is 14.0 Å². The topological polar surface area (TPSA) is 52.7 Å². The molecule has 1 amide bonds. The minimum absolute atomic E-state index is 0.0727. The van der Waals surface area contributed by atoms with Crippen molar-refractivity contribution in [2.24, 2.45) is 0 Å². The zero-order chi connectivity index (χ0) is 20.6. The summed E-state index contributed by atoms with van der Waals surface area (Å²) in [7, 11) is 0. The van der Waals surface area contributed by atoms with Gasteiger partial charge < -0.3 is 10.2 Å². The lowest BCUT2D eigenvalue weighted by Gasteiger charge is -2.34.